The van der Waals surface area contributed by atoms with Gasteiger partial charge in [0.15, 0.2) is 11.5 Å². The van der Waals surface area contributed by atoms with Crippen LogP contribution in [0.25, 0.3) is 0 Å². The van der Waals surface area contributed by atoms with Crippen molar-refractivity contribution in [2.24, 2.45) is 0 Å². The third-order valence-electron chi connectivity index (χ3n) is 5.35. The van der Waals surface area contributed by atoms with E-state index in [2.05, 4.69) is 32.1 Å². The summed E-state index contributed by atoms with van der Waals surface area (Å²) in [5.74, 6) is 1.83. The predicted octanol–water partition coefficient (Wildman–Crippen LogP) is 1.95. The summed E-state index contributed by atoms with van der Waals surface area (Å²) in [5, 5.41) is 9.19. The first-order valence-electron chi connectivity index (χ1n) is 8.53. The summed E-state index contributed by atoms with van der Waals surface area (Å²) >= 11 is 1.63. The summed E-state index contributed by atoms with van der Waals surface area (Å²) in [4.78, 5) is 4.99. The second kappa shape index (κ2) is 5.89. The highest BCUT2D eigenvalue weighted by Crippen LogP contribution is 2.38. The Morgan fingerprint density at radius 3 is 2.58 bits per heavy atom. The molecular weight excluding hydrogens is 324 g/mol. The lowest BCUT2D eigenvalue weighted by atomic mass is 9.87. The molecule has 1 saturated heterocycles. The average Bonchev–Trinajstić information content (AvgIpc) is 3.31. The van der Waals surface area contributed by atoms with Gasteiger partial charge in [-0.3, -0.25) is 4.90 Å². The molecule has 0 saturated carbocycles. The highest BCUT2D eigenvalue weighted by atomic mass is 32.1. The van der Waals surface area contributed by atoms with Gasteiger partial charge in [-0.1, -0.05) is 11.3 Å². The van der Waals surface area contributed by atoms with Crippen molar-refractivity contribution in [3.63, 3.8) is 0 Å². The molecule has 5 rings (SSSR count). The molecular formula is C17H20N4O2S. The largest absolute Gasteiger partial charge is 0.454 e. The number of rotatable bonds is 2. The first kappa shape index (κ1) is 14.5. The molecule has 126 valence electrons. The third kappa shape index (κ3) is 2.52. The van der Waals surface area contributed by atoms with Gasteiger partial charge in [-0.05, 0) is 42.5 Å². The van der Waals surface area contributed by atoms with Gasteiger partial charge in [-0.2, -0.15) is 0 Å². The van der Waals surface area contributed by atoms with E-state index in [1.165, 1.54) is 17.5 Å². The van der Waals surface area contributed by atoms with Gasteiger partial charge < -0.3 is 14.4 Å². The monoisotopic (exact) mass is 344 g/mol. The minimum atomic E-state index is 0.356. The van der Waals surface area contributed by atoms with Crippen LogP contribution in [-0.4, -0.2) is 54.1 Å². The summed E-state index contributed by atoms with van der Waals surface area (Å²) in [6.45, 7) is 4.64. The first-order chi connectivity index (χ1) is 11.9. The van der Waals surface area contributed by atoms with Crippen molar-refractivity contribution in [1.82, 2.24) is 15.1 Å². The molecule has 1 aromatic carbocycles. The first-order valence-corrected chi connectivity index (χ1v) is 9.41. The van der Waals surface area contributed by atoms with E-state index in [1.54, 1.807) is 11.3 Å². The fourth-order valence-electron chi connectivity index (χ4n) is 4.02. The van der Waals surface area contributed by atoms with Gasteiger partial charge in [0.1, 0.15) is 5.51 Å². The lowest BCUT2D eigenvalue weighted by Crippen LogP contribution is -2.51. The number of nitrogens with zero attached hydrogens (tertiary/aromatic N) is 4. The van der Waals surface area contributed by atoms with Gasteiger partial charge in [0.05, 0.1) is 0 Å². The van der Waals surface area contributed by atoms with Gasteiger partial charge >= 0.3 is 0 Å². The molecule has 2 aliphatic heterocycles. The van der Waals surface area contributed by atoms with E-state index in [-0.39, 0.29) is 0 Å². The quantitative estimate of drug-likeness (QED) is 0.830. The lowest BCUT2D eigenvalue weighted by molar-refractivity contribution is 0.169. The average molecular weight is 344 g/mol. The normalized spacial score (nSPS) is 23.3. The lowest BCUT2D eigenvalue weighted by Gasteiger charge is -2.41. The van der Waals surface area contributed by atoms with Crippen molar-refractivity contribution < 1.29 is 9.47 Å². The Morgan fingerprint density at radius 2 is 1.83 bits per heavy atom. The number of piperazine rings is 1. The zero-order valence-electron chi connectivity index (χ0n) is 13.5. The van der Waals surface area contributed by atoms with E-state index >= 15 is 0 Å². The summed E-state index contributed by atoms with van der Waals surface area (Å²) in [6.07, 6.45) is 3.48. The van der Waals surface area contributed by atoms with Gasteiger partial charge in [0.2, 0.25) is 11.9 Å². The van der Waals surface area contributed by atoms with Crippen molar-refractivity contribution in [3.05, 3.63) is 28.8 Å². The molecule has 24 heavy (non-hydrogen) atoms. The summed E-state index contributed by atoms with van der Waals surface area (Å²) in [7, 11) is 0. The van der Waals surface area contributed by atoms with Crippen molar-refractivity contribution in [3.8, 4) is 11.5 Å². The summed E-state index contributed by atoms with van der Waals surface area (Å²) < 4.78 is 11.1. The number of fused-ring (bicyclic) bond motifs is 2. The minimum absolute atomic E-state index is 0.356. The van der Waals surface area contributed by atoms with Crippen LogP contribution in [0.4, 0.5) is 5.13 Å². The second-order valence-electron chi connectivity index (χ2n) is 6.62. The Kier molecular flexibility index (Phi) is 3.56. The smallest absolute Gasteiger partial charge is 0.231 e. The molecule has 1 aliphatic carbocycles. The van der Waals surface area contributed by atoms with Crippen molar-refractivity contribution in [1.29, 1.82) is 0 Å². The molecule has 0 amide bonds. The molecule has 1 fully saturated rings. The molecule has 3 aliphatic rings. The molecule has 0 radical (unpaired) electrons. The molecule has 1 atom stereocenters. The van der Waals surface area contributed by atoms with Crippen molar-refractivity contribution in [2.45, 2.75) is 25.3 Å². The number of hydrogen-bond acceptors (Lipinski definition) is 7. The van der Waals surface area contributed by atoms with E-state index in [0.29, 0.717) is 12.8 Å². The van der Waals surface area contributed by atoms with E-state index in [1.807, 2.05) is 5.51 Å². The SMILES string of the molecule is c1nnc(N2CCN(C3CCc4cc5c(cc4C3)OCO5)CC2)s1. The van der Waals surface area contributed by atoms with Crippen LogP contribution in [0.2, 0.25) is 0 Å². The predicted molar refractivity (Wildman–Crippen MR) is 92.1 cm³/mol. The Morgan fingerprint density at radius 1 is 1.04 bits per heavy atom. The van der Waals surface area contributed by atoms with E-state index in [9.17, 15) is 0 Å². The molecule has 0 bridgehead atoms. The zero-order valence-corrected chi connectivity index (χ0v) is 14.3. The van der Waals surface area contributed by atoms with E-state index < -0.39 is 0 Å². The van der Waals surface area contributed by atoms with Crippen LogP contribution in [0, 0.1) is 0 Å². The van der Waals surface area contributed by atoms with Crippen LogP contribution in [0.1, 0.15) is 17.5 Å². The van der Waals surface area contributed by atoms with Crippen LogP contribution in [0.5, 0.6) is 11.5 Å². The fourth-order valence-corrected chi connectivity index (χ4v) is 4.64. The van der Waals surface area contributed by atoms with Crippen LogP contribution < -0.4 is 14.4 Å². The molecule has 0 N–H and O–H groups in total. The maximum Gasteiger partial charge on any atom is 0.231 e. The van der Waals surface area contributed by atoms with Crippen LogP contribution in [0.15, 0.2) is 17.6 Å². The standard InChI is InChI=1S/C17H20N4O2S/c1-2-14(7-13-9-16-15(8-12(1)13)22-11-23-16)20-3-5-21(6-4-20)17-19-18-10-24-17/h8-10,14H,1-7,11H2. The highest BCUT2D eigenvalue weighted by Gasteiger charge is 2.29. The van der Waals surface area contributed by atoms with Crippen molar-refractivity contribution >= 4 is 16.5 Å². The highest BCUT2D eigenvalue weighted by molar-refractivity contribution is 7.13. The van der Waals surface area contributed by atoms with Crippen LogP contribution in [0.3, 0.4) is 0 Å². The van der Waals surface area contributed by atoms with Gasteiger partial charge in [0.25, 0.3) is 0 Å². The number of hydrogen-bond donors (Lipinski definition) is 0. The molecule has 6 nitrogen and oxygen atoms in total. The van der Waals surface area contributed by atoms with Gasteiger partial charge in [-0.25, -0.2) is 0 Å². The van der Waals surface area contributed by atoms with Crippen LogP contribution in [-0.2, 0) is 12.8 Å². The van der Waals surface area contributed by atoms with Crippen molar-refractivity contribution in [2.75, 3.05) is 37.9 Å². The third-order valence-corrected chi connectivity index (χ3v) is 6.10. The summed E-state index contributed by atoms with van der Waals surface area (Å²) in [6, 6.07) is 5.01. The number of anilines is 1. The zero-order chi connectivity index (χ0) is 15.9. The maximum atomic E-state index is 5.55. The number of ether oxygens (including phenoxy) is 2. The Labute approximate surface area is 145 Å². The Hall–Kier alpha value is -1.86. The van der Waals surface area contributed by atoms with E-state index in [4.69, 9.17) is 9.47 Å². The number of aryl methyl sites for hydroxylation is 1. The minimum Gasteiger partial charge on any atom is -0.454 e. The van der Waals surface area contributed by atoms with Crippen LogP contribution >= 0.6 is 11.3 Å². The Balaban J connectivity index is 1.26. The second-order valence-corrected chi connectivity index (χ2v) is 7.43. The molecule has 0 spiro atoms. The molecule has 3 heterocycles. The Bertz CT molecular complexity index is 728. The summed E-state index contributed by atoms with van der Waals surface area (Å²) in [5.41, 5.74) is 4.68. The maximum absolute atomic E-state index is 5.55. The van der Waals surface area contributed by atoms with Gasteiger partial charge in [-0.15, -0.1) is 10.2 Å². The van der Waals surface area contributed by atoms with E-state index in [0.717, 1.165) is 55.7 Å². The van der Waals surface area contributed by atoms with Gasteiger partial charge in [0, 0.05) is 32.2 Å². The number of benzene rings is 1. The molecule has 7 heteroatoms. The topological polar surface area (TPSA) is 50.7 Å². The molecule has 2 aromatic rings. The fraction of sp³-hybridized carbons (Fsp3) is 0.529. The molecule has 1 unspecified atom stereocenters. The number of aromatic nitrogens is 2. The molecule has 1 aromatic heterocycles.